The Balaban J connectivity index is 2.02. The van der Waals surface area contributed by atoms with Gasteiger partial charge in [-0.05, 0) is 24.3 Å². The molecule has 0 saturated carbocycles. The molecule has 3 rings (SSSR count). The Morgan fingerprint density at radius 2 is 1.87 bits per heavy atom. The highest BCUT2D eigenvalue weighted by molar-refractivity contribution is 6.38. The summed E-state index contributed by atoms with van der Waals surface area (Å²) in [4.78, 5) is 28.9. The van der Waals surface area contributed by atoms with Crippen molar-refractivity contribution in [3.05, 3.63) is 73.7 Å². The van der Waals surface area contributed by atoms with Gasteiger partial charge in [0.1, 0.15) is 0 Å². The molecule has 23 heavy (non-hydrogen) atoms. The van der Waals surface area contributed by atoms with Gasteiger partial charge in [0.05, 0.1) is 28.8 Å². The summed E-state index contributed by atoms with van der Waals surface area (Å²) in [6.07, 6.45) is 1.30. The Kier molecular flexibility index (Phi) is 4.39. The fourth-order valence-electron chi connectivity index (χ4n) is 2.22. The summed E-state index contributed by atoms with van der Waals surface area (Å²) in [5.74, 6) is -0.246. The molecule has 7 heteroatoms. The van der Waals surface area contributed by atoms with Crippen LogP contribution in [-0.4, -0.2) is 15.3 Å². The van der Waals surface area contributed by atoms with E-state index in [0.29, 0.717) is 21.1 Å². The van der Waals surface area contributed by atoms with E-state index in [1.54, 1.807) is 24.3 Å². The van der Waals surface area contributed by atoms with Crippen LogP contribution < -0.4 is 5.56 Å². The van der Waals surface area contributed by atoms with Gasteiger partial charge in [0.2, 0.25) is 0 Å². The highest BCUT2D eigenvalue weighted by Gasteiger charge is 2.12. The molecule has 0 spiro atoms. The molecule has 0 aliphatic carbocycles. The maximum atomic E-state index is 12.5. The molecular weight excluding hydrogens is 359 g/mol. The van der Waals surface area contributed by atoms with Crippen molar-refractivity contribution in [2.75, 3.05) is 0 Å². The second-order valence-electron chi connectivity index (χ2n) is 4.89. The summed E-state index contributed by atoms with van der Waals surface area (Å²) in [5.41, 5.74) is 0.399. The lowest BCUT2D eigenvalue weighted by Crippen LogP contribution is -2.24. The summed E-state index contributed by atoms with van der Waals surface area (Å²) >= 11 is 17.8. The Bertz CT molecular complexity index is 983. The topological polar surface area (TPSA) is 52.0 Å². The van der Waals surface area contributed by atoms with E-state index in [2.05, 4.69) is 4.98 Å². The second kappa shape index (κ2) is 6.32. The van der Waals surface area contributed by atoms with Gasteiger partial charge < -0.3 is 0 Å². The Morgan fingerprint density at radius 3 is 2.61 bits per heavy atom. The van der Waals surface area contributed by atoms with Crippen molar-refractivity contribution in [3.8, 4) is 0 Å². The van der Waals surface area contributed by atoms with Crippen molar-refractivity contribution in [1.82, 2.24) is 9.55 Å². The Morgan fingerprint density at radius 1 is 1.09 bits per heavy atom. The Hall–Kier alpha value is -1.88. The maximum absolute atomic E-state index is 12.5. The second-order valence-corrected chi connectivity index (χ2v) is 6.17. The van der Waals surface area contributed by atoms with Crippen LogP contribution in [0.4, 0.5) is 0 Å². The number of carbonyl (C=O) groups excluding carboxylic acids is 1. The third-order valence-electron chi connectivity index (χ3n) is 3.31. The van der Waals surface area contributed by atoms with Crippen molar-refractivity contribution < 1.29 is 4.79 Å². The van der Waals surface area contributed by atoms with Gasteiger partial charge in [-0.1, -0.05) is 46.9 Å². The lowest BCUT2D eigenvalue weighted by molar-refractivity contribution is 0.0970. The monoisotopic (exact) mass is 366 g/mol. The molecule has 0 aliphatic heterocycles. The van der Waals surface area contributed by atoms with Crippen LogP contribution >= 0.6 is 34.8 Å². The molecule has 0 atom stereocenters. The van der Waals surface area contributed by atoms with Gasteiger partial charge in [0.15, 0.2) is 5.78 Å². The van der Waals surface area contributed by atoms with Crippen molar-refractivity contribution in [3.63, 3.8) is 0 Å². The predicted octanol–water partition coefficient (Wildman–Crippen LogP) is 4.24. The average molecular weight is 368 g/mol. The van der Waals surface area contributed by atoms with Crippen molar-refractivity contribution >= 4 is 51.5 Å². The summed E-state index contributed by atoms with van der Waals surface area (Å²) < 4.78 is 1.22. The lowest BCUT2D eigenvalue weighted by Gasteiger charge is -2.07. The van der Waals surface area contributed by atoms with Gasteiger partial charge in [-0.3, -0.25) is 14.2 Å². The zero-order valence-electron chi connectivity index (χ0n) is 11.6. The maximum Gasteiger partial charge on any atom is 0.261 e. The molecule has 0 N–H and O–H groups in total. The van der Waals surface area contributed by atoms with E-state index in [1.165, 1.54) is 23.0 Å². The number of hydrogen-bond acceptors (Lipinski definition) is 3. The van der Waals surface area contributed by atoms with Crippen LogP contribution in [0.2, 0.25) is 15.1 Å². The van der Waals surface area contributed by atoms with Gasteiger partial charge in [-0.15, -0.1) is 0 Å². The molecule has 0 radical (unpaired) electrons. The highest BCUT2D eigenvalue weighted by Crippen LogP contribution is 2.24. The van der Waals surface area contributed by atoms with Crippen LogP contribution in [0.3, 0.4) is 0 Å². The summed E-state index contributed by atoms with van der Waals surface area (Å²) in [5, 5.41) is 1.35. The predicted molar refractivity (Wildman–Crippen MR) is 91.8 cm³/mol. The molecule has 1 aromatic heterocycles. The van der Waals surface area contributed by atoms with Crippen LogP contribution in [0, 0.1) is 0 Å². The number of fused-ring (bicyclic) bond motifs is 1. The molecule has 0 aliphatic rings. The first-order chi connectivity index (χ1) is 11.0. The number of rotatable bonds is 3. The Labute approximate surface area is 146 Å². The van der Waals surface area contributed by atoms with Gasteiger partial charge >= 0.3 is 0 Å². The molecule has 2 aromatic carbocycles. The van der Waals surface area contributed by atoms with E-state index in [0.717, 1.165) is 0 Å². The van der Waals surface area contributed by atoms with Crippen molar-refractivity contribution in [2.24, 2.45) is 0 Å². The quantitative estimate of drug-likeness (QED) is 0.651. The van der Waals surface area contributed by atoms with Crippen LogP contribution in [-0.2, 0) is 6.54 Å². The highest BCUT2D eigenvalue weighted by atomic mass is 35.5. The fraction of sp³-hybridized carbons (Fsp3) is 0.0625. The number of benzene rings is 2. The fourth-order valence-corrected chi connectivity index (χ4v) is 2.95. The third-order valence-corrected chi connectivity index (χ3v) is 4.05. The third kappa shape index (κ3) is 3.24. The van der Waals surface area contributed by atoms with Gasteiger partial charge in [-0.2, -0.15) is 0 Å². The van der Waals surface area contributed by atoms with Gasteiger partial charge in [0, 0.05) is 15.6 Å². The first-order valence-electron chi connectivity index (χ1n) is 6.58. The van der Waals surface area contributed by atoms with E-state index in [-0.39, 0.29) is 28.3 Å². The molecular formula is C16H9Cl3N2O2. The summed E-state index contributed by atoms with van der Waals surface area (Å²) in [7, 11) is 0. The number of ketones is 1. The summed E-state index contributed by atoms with van der Waals surface area (Å²) in [6.45, 7) is -0.147. The van der Waals surface area contributed by atoms with E-state index in [9.17, 15) is 9.59 Å². The molecule has 0 amide bonds. The first kappa shape index (κ1) is 16.0. The number of carbonyl (C=O) groups is 1. The summed E-state index contributed by atoms with van der Waals surface area (Å²) in [6, 6.07) is 9.54. The van der Waals surface area contributed by atoms with Gasteiger partial charge in [-0.25, -0.2) is 4.98 Å². The number of halogens is 3. The molecule has 4 nitrogen and oxygen atoms in total. The number of hydrogen-bond donors (Lipinski definition) is 0. The molecule has 1 heterocycles. The normalized spacial score (nSPS) is 10.9. The minimum atomic E-state index is -0.380. The van der Waals surface area contributed by atoms with Crippen LogP contribution in [0.1, 0.15) is 10.4 Å². The smallest absolute Gasteiger partial charge is 0.261 e. The standard InChI is InChI=1S/C16H9Cl3N2O2/c17-10-3-1-2-9(4-10)14(22)7-21-8-20-15-12(16(21)23)5-11(18)6-13(15)19/h1-6,8H,7H2. The van der Waals surface area contributed by atoms with E-state index in [4.69, 9.17) is 34.8 Å². The van der Waals surface area contributed by atoms with Gasteiger partial charge in [0.25, 0.3) is 5.56 Å². The van der Waals surface area contributed by atoms with Crippen LogP contribution in [0.25, 0.3) is 10.9 Å². The molecule has 116 valence electrons. The zero-order valence-corrected chi connectivity index (χ0v) is 13.9. The molecule has 3 aromatic rings. The van der Waals surface area contributed by atoms with Crippen molar-refractivity contribution in [2.45, 2.75) is 6.54 Å². The average Bonchev–Trinajstić information content (AvgIpc) is 2.50. The zero-order chi connectivity index (χ0) is 16.6. The van der Waals surface area contributed by atoms with Crippen LogP contribution in [0.15, 0.2) is 47.5 Å². The molecule has 0 bridgehead atoms. The largest absolute Gasteiger partial charge is 0.292 e. The molecule has 0 saturated heterocycles. The molecule has 0 fully saturated rings. The van der Waals surface area contributed by atoms with E-state index in [1.807, 2.05) is 0 Å². The number of nitrogens with zero attached hydrogens (tertiary/aromatic N) is 2. The van der Waals surface area contributed by atoms with Crippen LogP contribution in [0.5, 0.6) is 0 Å². The SMILES string of the molecule is O=C(Cn1cnc2c(Cl)cc(Cl)cc2c1=O)c1cccc(Cl)c1. The molecule has 0 unspecified atom stereocenters. The minimum absolute atomic E-state index is 0.147. The van der Waals surface area contributed by atoms with E-state index < -0.39 is 0 Å². The van der Waals surface area contributed by atoms with E-state index >= 15 is 0 Å². The number of aromatic nitrogens is 2. The number of Topliss-reactive ketones (excluding diaryl/α,β-unsaturated/α-hetero) is 1. The van der Waals surface area contributed by atoms with Crippen molar-refractivity contribution in [1.29, 1.82) is 0 Å². The minimum Gasteiger partial charge on any atom is -0.292 e. The first-order valence-corrected chi connectivity index (χ1v) is 7.72. The lowest BCUT2D eigenvalue weighted by atomic mass is 10.1.